The van der Waals surface area contributed by atoms with Crippen LogP contribution in [0.15, 0.2) is 18.2 Å². The molecule has 4 nitrogen and oxygen atoms in total. The van der Waals surface area contributed by atoms with E-state index in [4.69, 9.17) is 10.5 Å². The number of nitrogens with zero attached hydrogens (tertiary/aromatic N) is 1. The zero-order valence-electron chi connectivity index (χ0n) is 10.7. The van der Waals surface area contributed by atoms with Crippen LogP contribution >= 0.6 is 0 Å². The van der Waals surface area contributed by atoms with E-state index in [9.17, 15) is 4.79 Å². The number of nitrogens with two attached hydrogens (primary N) is 1. The summed E-state index contributed by atoms with van der Waals surface area (Å²) in [6, 6.07) is 5.20. The number of rotatable bonds is 6. The van der Waals surface area contributed by atoms with Crippen LogP contribution in [0.25, 0.3) is 0 Å². The third-order valence-corrected chi connectivity index (χ3v) is 2.42. The molecule has 17 heavy (non-hydrogen) atoms. The molecule has 1 rings (SSSR count). The van der Waals surface area contributed by atoms with Gasteiger partial charge in [0.2, 0.25) is 0 Å². The van der Waals surface area contributed by atoms with Crippen LogP contribution in [0.5, 0.6) is 5.75 Å². The number of ether oxygens (including phenoxy) is 1. The summed E-state index contributed by atoms with van der Waals surface area (Å²) in [5.41, 5.74) is 6.98. The number of benzene rings is 1. The van der Waals surface area contributed by atoms with Gasteiger partial charge in [-0.25, -0.2) is 0 Å². The van der Waals surface area contributed by atoms with Gasteiger partial charge in [-0.3, -0.25) is 4.79 Å². The Morgan fingerprint density at radius 3 is 2.65 bits per heavy atom. The molecule has 0 amide bonds. The normalized spacial score (nSPS) is 10.6. The smallest absolute Gasteiger partial charge is 0.164 e. The highest BCUT2D eigenvalue weighted by atomic mass is 16.5. The zero-order chi connectivity index (χ0) is 12.8. The minimum Gasteiger partial charge on any atom is -0.492 e. The number of carbonyl (C=O) groups is 1. The largest absolute Gasteiger partial charge is 0.492 e. The van der Waals surface area contributed by atoms with Crippen molar-refractivity contribution in [3.05, 3.63) is 23.8 Å². The zero-order valence-corrected chi connectivity index (χ0v) is 10.7. The number of anilines is 1. The topological polar surface area (TPSA) is 55.6 Å². The van der Waals surface area contributed by atoms with E-state index >= 15 is 0 Å². The second kappa shape index (κ2) is 6.25. The van der Waals surface area contributed by atoms with Crippen LogP contribution < -0.4 is 10.5 Å². The van der Waals surface area contributed by atoms with Crippen LogP contribution in [0.3, 0.4) is 0 Å². The van der Waals surface area contributed by atoms with Gasteiger partial charge in [-0.2, -0.15) is 0 Å². The van der Waals surface area contributed by atoms with Crippen molar-refractivity contribution in [3.63, 3.8) is 0 Å². The molecule has 0 saturated heterocycles. The molecule has 0 unspecified atom stereocenters. The molecule has 0 saturated carbocycles. The van der Waals surface area contributed by atoms with Crippen LogP contribution in [0, 0.1) is 0 Å². The van der Waals surface area contributed by atoms with E-state index in [1.807, 2.05) is 25.9 Å². The molecular weight excluding hydrogens is 216 g/mol. The van der Waals surface area contributed by atoms with Gasteiger partial charge in [0.25, 0.3) is 0 Å². The van der Waals surface area contributed by atoms with Crippen LogP contribution in [-0.2, 0) is 0 Å². The van der Waals surface area contributed by atoms with Gasteiger partial charge in [-0.15, -0.1) is 0 Å². The lowest BCUT2D eigenvalue weighted by atomic mass is 10.1. The molecule has 0 aliphatic carbocycles. The standard InChI is InChI=1S/C13H20N2O2/c1-4-17-13-6-5-10(9-11(13)14)12(16)7-8-15(2)3/h5-6,9H,4,7-8,14H2,1-3H3. The lowest BCUT2D eigenvalue weighted by molar-refractivity contribution is 0.0972. The Labute approximate surface area is 102 Å². The molecular formula is C13H20N2O2. The molecule has 0 spiro atoms. The third-order valence-electron chi connectivity index (χ3n) is 2.42. The van der Waals surface area contributed by atoms with E-state index in [1.54, 1.807) is 18.2 Å². The Morgan fingerprint density at radius 2 is 2.12 bits per heavy atom. The summed E-state index contributed by atoms with van der Waals surface area (Å²) in [4.78, 5) is 13.8. The Kier molecular flexibility index (Phi) is 4.97. The summed E-state index contributed by atoms with van der Waals surface area (Å²) in [6.45, 7) is 3.21. The molecule has 4 heteroatoms. The molecule has 0 heterocycles. The van der Waals surface area contributed by atoms with Crippen LogP contribution in [0.4, 0.5) is 5.69 Å². The maximum atomic E-state index is 11.8. The van der Waals surface area contributed by atoms with Gasteiger partial charge in [0.15, 0.2) is 5.78 Å². The van der Waals surface area contributed by atoms with Gasteiger partial charge in [0, 0.05) is 18.5 Å². The predicted molar refractivity (Wildman–Crippen MR) is 69.5 cm³/mol. The summed E-state index contributed by atoms with van der Waals surface area (Å²) < 4.78 is 5.33. The highest BCUT2D eigenvalue weighted by molar-refractivity contribution is 5.97. The van der Waals surface area contributed by atoms with Gasteiger partial charge in [-0.05, 0) is 39.2 Å². The second-order valence-corrected chi connectivity index (χ2v) is 4.16. The molecule has 2 N–H and O–H groups in total. The van der Waals surface area contributed by atoms with Crippen molar-refractivity contribution in [2.45, 2.75) is 13.3 Å². The van der Waals surface area contributed by atoms with Gasteiger partial charge in [0.1, 0.15) is 5.75 Å². The van der Waals surface area contributed by atoms with E-state index in [0.717, 1.165) is 6.54 Å². The van der Waals surface area contributed by atoms with Crippen molar-refractivity contribution in [3.8, 4) is 5.75 Å². The quantitative estimate of drug-likeness (QED) is 0.604. The van der Waals surface area contributed by atoms with Crippen molar-refractivity contribution < 1.29 is 9.53 Å². The predicted octanol–water partition coefficient (Wildman–Crippen LogP) is 1.80. The minimum atomic E-state index is 0.105. The van der Waals surface area contributed by atoms with E-state index < -0.39 is 0 Å². The fourth-order valence-electron chi connectivity index (χ4n) is 1.48. The third kappa shape index (κ3) is 4.07. The summed E-state index contributed by atoms with van der Waals surface area (Å²) in [5.74, 6) is 0.741. The highest BCUT2D eigenvalue weighted by Gasteiger charge is 2.09. The van der Waals surface area contributed by atoms with Gasteiger partial charge in [0.05, 0.1) is 12.3 Å². The molecule has 0 atom stereocenters. The first-order valence-electron chi connectivity index (χ1n) is 5.74. The Hall–Kier alpha value is -1.55. The van der Waals surface area contributed by atoms with Crippen LogP contribution in [0.1, 0.15) is 23.7 Å². The van der Waals surface area contributed by atoms with Crippen LogP contribution in [-0.4, -0.2) is 37.9 Å². The summed E-state index contributed by atoms with van der Waals surface area (Å²) in [5, 5.41) is 0. The molecule has 1 aromatic rings. The number of hydrogen-bond acceptors (Lipinski definition) is 4. The average molecular weight is 236 g/mol. The maximum Gasteiger partial charge on any atom is 0.164 e. The average Bonchev–Trinajstić information content (AvgIpc) is 2.28. The van der Waals surface area contributed by atoms with E-state index in [-0.39, 0.29) is 5.78 Å². The SMILES string of the molecule is CCOc1ccc(C(=O)CCN(C)C)cc1N. The lowest BCUT2D eigenvalue weighted by Crippen LogP contribution is -2.16. The summed E-state index contributed by atoms with van der Waals surface area (Å²) >= 11 is 0. The molecule has 94 valence electrons. The Bertz CT molecular complexity index is 389. The molecule has 0 aliphatic heterocycles. The monoisotopic (exact) mass is 236 g/mol. The van der Waals surface area contributed by atoms with Crippen molar-refractivity contribution in [2.24, 2.45) is 0 Å². The Balaban J connectivity index is 2.72. The van der Waals surface area contributed by atoms with Gasteiger partial charge >= 0.3 is 0 Å². The summed E-state index contributed by atoms with van der Waals surface area (Å²) in [6.07, 6.45) is 0.500. The number of nitrogen functional groups attached to an aromatic ring is 1. The molecule has 0 bridgehead atoms. The van der Waals surface area contributed by atoms with Crippen molar-refractivity contribution in [1.29, 1.82) is 0 Å². The molecule has 0 aromatic heterocycles. The van der Waals surface area contributed by atoms with Crippen molar-refractivity contribution >= 4 is 11.5 Å². The minimum absolute atomic E-state index is 0.105. The molecule has 1 aromatic carbocycles. The van der Waals surface area contributed by atoms with E-state index in [0.29, 0.717) is 30.0 Å². The second-order valence-electron chi connectivity index (χ2n) is 4.16. The number of ketones is 1. The Morgan fingerprint density at radius 1 is 1.41 bits per heavy atom. The van der Waals surface area contributed by atoms with Gasteiger partial charge < -0.3 is 15.4 Å². The summed E-state index contributed by atoms with van der Waals surface area (Å²) in [7, 11) is 3.89. The first-order chi connectivity index (χ1) is 8.04. The first kappa shape index (κ1) is 13.5. The molecule has 0 fully saturated rings. The van der Waals surface area contributed by atoms with Gasteiger partial charge in [-0.1, -0.05) is 0 Å². The van der Waals surface area contributed by atoms with E-state index in [2.05, 4.69) is 0 Å². The molecule has 0 radical (unpaired) electrons. The fraction of sp³-hybridized carbons (Fsp3) is 0.462. The van der Waals surface area contributed by atoms with Crippen molar-refractivity contribution in [1.82, 2.24) is 4.90 Å². The van der Waals surface area contributed by atoms with E-state index in [1.165, 1.54) is 0 Å². The van der Waals surface area contributed by atoms with Crippen LogP contribution in [0.2, 0.25) is 0 Å². The first-order valence-corrected chi connectivity index (χ1v) is 5.74. The number of hydrogen-bond donors (Lipinski definition) is 1. The molecule has 0 aliphatic rings. The highest BCUT2D eigenvalue weighted by Crippen LogP contribution is 2.23. The lowest BCUT2D eigenvalue weighted by Gasteiger charge is -2.10. The number of Topliss-reactive ketones (excluding diaryl/α,β-unsaturated/α-hetero) is 1. The fourth-order valence-corrected chi connectivity index (χ4v) is 1.48. The number of carbonyl (C=O) groups excluding carboxylic acids is 1. The maximum absolute atomic E-state index is 11.8. The van der Waals surface area contributed by atoms with Crippen molar-refractivity contribution in [2.75, 3.05) is 33.0 Å².